The van der Waals surface area contributed by atoms with Crippen LogP contribution < -0.4 is 5.32 Å². The minimum Gasteiger partial charge on any atom is -0.355 e. The molecule has 1 unspecified atom stereocenters. The van der Waals surface area contributed by atoms with E-state index in [1.807, 2.05) is 12.1 Å². The lowest BCUT2D eigenvalue weighted by atomic mass is 9.97. The topological polar surface area (TPSA) is 45.2 Å². The highest BCUT2D eigenvalue weighted by Gasteiger charge is 2.21. The maximum Gasteiger partial charge on any atom is 0.230 e. The minimum absolute atomic E-state index is 0.153. The van der Waals surface area contributed by atoms with E-state index >= 15 is 0 Å². The van der Waals surface area contributed by atoms with Crippen molar-refractivity contribution < 1.29 is 4.79 Å². The van der Waals surface area contributed by atoms with Gasteiger partial charge in [0.25, 0.3) is 0 Å². The molecule has 0 radical (unpaired) electrons. The number of hydrogen-bond acceptors (Lipinski definition) is 4. The molecule has 1 aromatic heterocycles. The number of aromatic nitrogens is 1. The average Bonchev–Trinajstić information content (AvgIpc) is 2.54. The van der Waals surface area contributed by atoms with Crippen molar-refractivity contribution in [1.29, 1.82) is 0 Å². The number of likely N-dealkylation sites (tertiary alicyclic amines) is 1. The molecule has 2 heterocycles. The fraction of sp³-hybridized carbons (Fsp3) is 0.647. The van der Waals surface area contributed by atoms with Crippen LogP contribution in [-0.4, -0.2) is 47.2 Å². The number of amides is 1. The lowest BCUT2D eigenvalue weighted by Gasteiger charge is -2.35. The zero-order valence-electron chi connectivity index (χ0n) is 13.6. The standard InChI is InChI=1S/C17H27N3OS/c1-14(2)20-9-3-4-16(11-20)10-19-17(21)13-22-12-15-5-7-18-8-6-15/h5-8,14,16H,3-4,9-13H2,1-2H3,(H,19,21). The monoisotopic (exact) mass is 321 g/mol. The number of rotatable bonds is 7. The van der Waals surface area contributed by atoms with E-state index in [0.717, 1.165) is 18.8 Å². The van der Waals surface area contributed by atoms with Crippen molar-refractivity contribution in [3.63, 3.8) is 0 Å². The van der Waals surface area contributed by atoms with E-state index in [1.165, 1.54) is 24.9 Å². The molecule has 1 aliphatic rings. The second kappa shape index (κ2) is 9.16. The quantitative estimate of drug-likeness (QED) is 0.838. The fourth-order valence-corrected chi connectivity index (χ4v) is 3.60. The Morgan fingerprint density at radius 1 is 1.45 bits per heavy atom. The summed E-state index contributed by atoms with van der Waals surface area (Å²) in [4.78, 5) is 18.4. The molecule has 1 aromatic rings. The van der Waals surface area contributed by atoms with Gasteiger partial charge in [-0.1, -0.05) is 0 Å². The Morgan fingerprint density at radius 2 is 2.23 bits per heavy atom. The molecule has 122 valence electrons. The fourth-order valence-electron chi connectivity index (χ4n) is 2.78. The van der Waals surface area contributed by atoms with Gasteiger partial charge < -0.3 is 10.2 Å². The summed E-state index contributed by atoms with van der Waals surface area (Å²) in [7, 11) is 0. The molecule has 1 aliphatic heterocycles. The zero-order chi connectivity index (χ0) is 15.8. The highest BCUT2D eigenvalue weighted by molar-refractivity contribution is 7.99. The van der Waals surface area contributed by atoms with E-state index in [4.69, 9.17) is 0 Å². The van der Waals surface area contributed by atoms with Crippen LogP contribution in [0.2, 0.25) is 0 Å². The van der Waals surface area contributed by atoms with Crippen LogP contribution in [-0.2, 0) is 10.5 Å². The smallest absolute Gasteiger partial charge is 0.230 e. The number of nitrogens with zero attached hydrogens (tertiary/aromatic N) is 2. The van der Waals surface area contributed by atoms with Gasteiger partial charge in [-0.05, 0) is 56.8 Å². The first-order valence-electron chi connectivity index (χ1n) is 8.12. The minimum atomic E-state index is 0.153. The van der Waals surface area contributed by atoms with Gasteiger partial charge in [0.15, 0.2) is 0 Å². The molecule has 1 saturated heterocycles. The van der Waals surface area contributed by atoms with Crippen molar-refractivity contribution in [2.75, 3.05) is 25.4 Å². The van der Waals surface area contributed by atoms with E-state index in [9.17, 15) is 4.79 Å². The molecule has 5 heteroatoms. The summed E-state index contributed by atoms with van der Waals surface area (Å²) >= 11 is 1.66. The van der Waals surface area contributed by atoms with Gasteiger partial charge in [0.2, 0.25) is 5.91 Å². The van der Waals surface area contributed by atoms with Gasteiger partial charge in [-0.25, -0.2) is 0 Å². The van der Waals surface area contributed by atoms with Crippen LogP contribution in [0.1, 0.15) is 32.3 Å². The Bertz CT molecular complexity index is 452. The molecule has 22 heavy (non-hydrogen) atoms. The van der Waals surface area contributed by atoms with Crippen molar-refractivity contribution in [1.82, 2.24) is 15.2 Å². The first kappa shape index (κ1) is 17.3. The van der Waals surface area contributed by atoms with Gasteiger partial charge in [0.1, 0.15) is 0 Å². The molecule has 1 atom stereocenters. The molecule has 0 bridgehead atoms. The van der Waals surface area contributed by atoms with Crippen LogP contribution in [0, 0.1) is 5.92 Å². The van der Waals surface area contributed by atoms with Crippen LogP contribution >= 0.6 is 11.8 Å². The van der Waals surface area contributed by atoms with Crippen molar-refractivity contribution in [3.05, 3.63) is 30.1 Å². The highest BCUT2D eigenvalue weighted by Crippen LogP contribution is 2.17. The van der Waals surface area contributed by atoms with Crippen LogP contribution in [0.5, 0.6) is 0 Å². The summed E-state index contributed by atoms with van der Waals surface area (Å²) < 4.78 is 0. The number of carbonyl (C=O) groups is 1. The number of thioether (sulfide) groups is 1. The molecule has 1 amide bonds. The predicted octanol–water partition coefficient (Wildman–Crippen LogP) is 2.55. The zero-order valence-corrected chi connectivity index (χ0v) is 14.4. The van der Waals surface area contributed by atoms with E-state index < -0.39 is 0 Å². The Balaban J connectivity index is 1.61. The maximum absolute atomic E-state index is 11.9. The molecule has 0 aliphatic carbocycles. The largest absolute Gasteiger partial charge is 0.355 e. The molecule has 0 saturated carbocycles. The van der Waals surface area contributed by atoms with E-state index in [1.54, 1.807) is 24.2 Å². The number of piperidine rings is 1. The molecular formula is C17H27N3OS. The predicted molar refractivity (Wildman–Crippen MR) is 92.8 cm³/mol. The Morgan fingerprint density at radius 3 is 2.95 bits per heavy atom. The van der Waals surface area contributed by atoms with Crippen molar-refractivity contribution in [3.8, 4) is 0 Å². The Kier molecular flexibility index (Phi) is 7.19. The van der Waals surface area contributed by atoms with E-state index in [0.29, 0.717) is 17.7 Å². The van der Waals surface area contributed by atoms with Crippen LogP contribution in [0.15, 0.2) is 24.5 Å². The molecule has 0 aromatic carbocycles. The maximum atomic E-state index is 11.9. The highest BCUT2D eigenvalue weighted by atomic mass is 32.2. The third kappa shape index (κ3) is 5.97. The van der Waals surface area contributed by atoms with Gasteiger partial charge in [0, 0.05) is 37.3 Å². The van der Waals surface area contributed by atoms with Gasteiger partial charge >= 0.3 is 0 Å². The number of carbonyl (C=O) groups excluding carboxylic acids is 1. The third-order valence-electron chi connectivity index (χ3n) is 4.12. The molecule has 0 spiro atoms. The lowest BCUT2D eigenvalue weighted by molar-refractivity contribution is -0.118. The molecular weight excluding hydrogens is 294 g/mol. The summed E-state index contributed by atoms with van der Waals surface area (Å²) in [5, 5.41) is 3.10. The number of hydrogen-bond donors (Lipinski definition) is 1. The van der Waals surface area contributed by atoms with Crippen molar-refractivity contribution in [2.45, 2.75) is 38.5 Å². The first-order chi connectivity index (χ1) is 10.6. The van der Waals surface area contributed by atoms with E-state index in [2.05, 4.69) is 29.0 Å². The molecule has 2 rings (SSSR count). The summed E-state index contributed by atoms with van der Waals surface area (Å²) in [5.74, 6) is 2.15. The Hall–Kier alpha value is -1.07. The van der Waals surface area contributed by atoms with Crippen LogP contribution in [0.4, 0.5) is 0 Å². The van der Waals surface area contributed by atoms with Gasteiger partial charge in [0.05, 0.1) is 5.75 Å². The molecule has 1 N–H and O–H groups in total. The lowest BCUT2D eigenvalue weighted by Crippen LogP contribution is -2.44. The normalized spacial score (nSPS) is 19.3. The average molecular weight is 321 g/mol. The second-order valence-corrected chi connectivity index (χ2v) is 7.23. The summed E-state index contributed by atoms with van der Waals surface area (Å²) in [6.45, 7) is 7.62. The second-order valence-electron chi connectivity index (χ2n) is 6.25. The number of pyridine rings is 1. The Labute approximate surface area is 138 Å². The summed E-state index contributed by atoms with van der Waals surface area (Å²) in [6.07, 6.45) is 6.06. The van der Waals surface area contributed by atoms with Gasteiger partial charge in [-0.15, -0.1) is 11.8 Å². The molecule has 1 fully saturated rings. The van der Waals surface area contributed by atoms with Gasteiger partial charge in [-0.2, -0.15) is 0 Å². The van der Waals surface area contributed by atoms with Crippen molar-refractivity contribution >= 4 is 17.7 Å². The van der Waals surface area contributed by atoms with Crippen LogP contribution in [0.3, 0.4) is 0 Å². The molecule has 4 nitrogen and oxygen atoms in total. The first-order valence-corrected chi connectivity index (χ1v) is 9.28. The van der Waals surface area contributed by atoms with Crippen LogP contribution in [0.25, 0.3) is 0 Å². The summed E-state index contributed by atoms with van der Waals surface area (Å²) in [5.41, 5.74) is 1.22. The summed E-state index contributed by atoms with van der Waals surface area (Å²) in [6, 6.07) is 4.59. The van der Waals surface area contributed by atoms with Crippen molar-refractivity contribution in [2.24, 2.45) is 5.92 Å². The van der Waals surface area contributed by atoms with Gasteiger partial charge in [-0.3, -0.25) is 9.78 Å². The SMILES string of the molecule is CC(C)N1CCCC(CNC(=O)CSCc2ccncc2)C1. The van der Waals surface area contributed by atoms with E-state index in [-0.39, 0.29) is 5.91 Å². The number of nitrogens with one attached hydrogen (secondary N) is 1. The third-order valence-corrected chi connectivity index (χ3v) is 5.12.